The highest BCUT2D eigenvalue weighted by molar-refractivity contribution is 5.43. The van der Waals surface area contributed by atoms with E-state index in [0.717, 1.165) is 44.4 Å². The topological polar surface area (TPSA) is 77.1 Å². The molecule has 4 N–H and O–H groups in total. The van der Waals surface area contributed by atoms with E-state index in [4.69, 9.17) is 4.98 Å². The zero-order chi connectivity index (χ0) is 19.5. The van der Waals surface area contributed by atoms with Crippen LogP contribution in [-0.4, -0.2) is 48.2 Å². The van der Waals surface area contributed by atoms with Gasteiger partial charge in [-0.2, -0.15) is 4.98 Å². The van der Waals surface area contributed by atoms with Crippen molar-refractivity contribution in [2.45, 2.75) is 43.8 Å². The Morgan fingerprint density at radius 2 is 2.03 bits per heavy atom. The third-order valence-electron chi connectivity index (χ3n) is 6.51. The third-order valence-corrected chi connectivity index (χ3v) is 6.51. The first kappa shape index (κ1) is 18.8. The molecule has 4 atom stereocenters. The molecule has 2 saturated heterocycles. The summed E-state index contributed by atoms with van der Waals surface area (Å²) in [5.41, 5.74) is 8.03. The van der Waals surface area contributed by atoms with Crippen LogP contribution >= 0.6 is 0 Å². The Morgan fingerprint density at radius 1 is 1.10 bits per heavy atom. The van der Waals surface area contributed by atoms with Gasteiger partial charge in [0.25, 0.3) is 0 Å². The molecule has 0 amide bonds. The van der Waals surface area contributed by atoms with Gasteiger partial charge in [0.05, 0.1) is 0 Å². The quantitative estimate of drug-likeness (QED) is 0.633. The molecule has 7 heteroatoms. The molecule has 154 valence electrons. The van der Waals surface area contributed by atoms with E-state index in [2.05, 4.69) is 61.7 Å². The van der Waals surface area contributed by atoms with E-state index in [1.807, 2.05) is 12.3 Å². The monoisotopic (exact) mass is 393 g/mol. The number of hydrogen-bond donors (Lipinski definition) is 4. The van der Waals surface area contributed by atoms with Gasteiger partial charge < -0.3 is 15.5 Å². The van der Waals surface area contributed by atoms with Crippen LogP contribution in [0.2, 0.25) is 0 Å². The summed E-state index contributed by atoms with van der Waals surface area (Å²) in [6, 6.07) is 14.1. The van der Waals surface area contributed by atoms with Crippen LogP contribution in [0.1, 0.15) is 37.3 Å². The normalized spacial score (nSPS) is 29.9. The van der Waals surface area contributed by atoms with Crippen molar-refractivity contribution in [3.05, 3.63) is 48.2 Å². The maximum absolute atomic E-state index is 4.89. The van der Waals surface area contributed by atoms with Gasteiger partial charge >= 0.3 is 0 Å². The van der Waals surface area contributed by atoms with Crippen molar-refractivity contribution in [2.24, 2.45) is 5.92 Å². The van der Waals surface area contributed by atoms with Gasteiger partial charge in [-0.1, -0.05) is 30.3 Å². The summed E-state index contributed by atoms with van der Waals surface area (Å²) in [6.07, 6.45) is 6.57. The molecule has 0 spiro atoms. The van der Waals surface area contributed by atoms with Crippen LogP contribution in [0, 0.1) is 5.92 Å². The fraction of sp³-hybridized carbons (Fsp3) is 0.545. The predicted molar refractivity (Wildman–Crippen MR) is 116 cm³/mol. The summed E-state index contributed by atoms with van der Waals surface area (Å²) in [7, 11) is 0. The van der Waals surface area contributed by atoms with E-state index < -0.39 is 0 Å². The average molecular weight is 394 g/mol. The summed E-state index contributed by atoms with van der Waals surface area (Å²) >= 11 is 0. The molecule has 0 radical (unpaired) electrons. The van der Waals surface area contributed by atoms with Crippen molar-refractivity contribution >= 4 is 11.8 Å². The average Bonchev–Trinajstić information content (AvgIpc) is 3.09. The fourth-order valence-corrected chi connectivity index (χ4v) is 4.93. The van der Waals surface area contributed by atoms with Crippen molar-refractivity contribution in [3.8, 4) is 0 Å². The van der Waals surface area contributed by atoms with Crippen LogP contribution in [0.25, 0.3) is 0 Å². The zero-order valence-electron chi connectivity index (χ0n) is 16.8. The van der Waals surface area contributed by atoms with Crippen LogP contribution < -0.4 is 26.4 Å². The van der Waals surface area contributed by atoms with Gasteiger partial charge in [-0.3, -0.25) is 10.9 Å². The zero-order valence-corrected chi connectivity index (χ0v) is 16.8. The highest BCUT2D eigenvalue weighted by Crippen LogP contribution is 2.29. The number of benzene rings is 1. The van der Waals surface area contributed by atoms with Gasteiger partial charge in [0.1, 0.15) is 5.82 Å². The van der Waals surface area contributed by atoms with E-state index in [1.165, 1.54) is 24.8 Å². The number of anilines is 2. The van der Waals surface area contributed by atoms with Crippen molar-refractivity contribution in [1.82, 2.24) is 26.1 Å². The second kappa shape index (κ2) is 8.65. The Balaban J connectivity index is 1.27. The number of nitrogens with one attached hydrogen (secondary N) is 4. The van der Waals surface area contributed by atoms with Gasteiger partial charge in [-0.15, -0.1) is 0 Å². The van der Waals surface area contributed by atoms with Crippen LogP contribution in [-0.2, 0) is 0 Å². The van der Waals surface area contributed by atoms with Crippen molar-refractivity contribution in [2.75, 3.05) is 36.4 Å². The van der Waals surface area contributed by atoms with Crippen LogP contribution in [0.5, 0.6) is 0 Å². The maximum atomic E-state index is 4.89. The first-order chi connectivity index (χ1) is 14.3. The molecule has 4 unspecified atom stereocenters. The molecule has 3 heterocycles. The molecular formula is C22H31N7. The Morgan fingerprint density at radius 3 is 2.97 bits per heavy atom. The molecule has 1 aromatic carbocycles. The molecule has 3 aliphatic rings. The minimum absolute atomic E-state index is 0.302. The number of hydrogen-bond acceptors (Lipinski definition) is 7. The molecule has 29 heavy (non-hydrogen) atoms. The maximum Gasteiger partial charge on any atom is 0.227 e. The molecule has 0 bridgehead atoms. The van der Waals surface area contributed by atoms with Gasteiger partial charge in [-0.25, -0.2) is 4.98 Å². The van der Waals surface area contributed by atoms with Gasteiger partial charge in [0.15, 0.2) is 0 Å². The minimum Gasteiger partial charge on any atom is -0.367 e. The largest absolute Gasteiger partial charge is 0.367 e. The van der Waals surface area contributed by atoms with Crippen molar-refractivity contribution in [1.29, 1.82) is 0 Å². The fourth-order valence-electron chi connectivity index (χ4n) is 4.93. The Hall–Kier alpha value is -2.22. The second-order valence-corrected chi connectivity index (χ2v) is 8.50. The van der Waals surface area contributed by atoms with E-state index in [0.29, 0.717) is 24.0 Å². The lowest BCUT2D eigenvalue weighted by atomic mass is 9.83. The molecule has 2 aliphatic heterocycles. The van der Waals surface area contributed by atoms with Gasteiger partial charge in [0, 0.05) is 44.0 Å². The lowest BCUT2D eigenvalue weighted by Crippen LogP contribution is -2.39. The third kappa shape index (κ3) is 4.37. The number of nitrogens with zero attached hydrogens (tertiary/aromatic N) is 3. The van der Waals surface area contributed by atoms with E-state index in [-0.39, 0.29) is 0 Å². The number of hydrazine groups is 1. The Bertz CT molecular complexity index is 799. The van der Waals surface area contributed by atoms with Crippen molar-refractivity contribution < 1.29 is 0 Å². The van der Waals surface area contributed by atoms with E-state index in [1.54, 1.807) is 0 Å². The second-order valence-electron chi connectivity index (χ2n) is 8.50. The molecule has 7 nitrogen and oxygen atoms in total. The van der Waals surface area contributed by atoms with Gasteiger partial charge in [-0.05, 0) is 49.8 Å². The summed E-state index contributed by atoms with van der Waals surface area (Å²) in [4.78, 5) is 11.8. The molecule has 5 rings (SSSR count). The molecular weight excluding hydrogens is 362 g/mol. The molecule has 1 saturated carbocycles. The van der Waals surface area contributed by atoms with Crippen LogP contribution in [0.15, 0.2) is 42.6 Å². The smallest absolute Gasteiger partial charge is 0.227 e. The van der Waals surface area contributed by atoms with E-state index >= 15 is 0 Å². The summed E-state index contributed by atoms with van der Waals surface area (Å²) in [5.74, 6) is 2.49. The number of aromatic nitrogens is 2. The SMILES string of the molecule is c1ccc(C2CN(c3nccc(NC4CCC5NNCC5C4)n3)CCCN2)cc1. The van der Waals surface area contributed by atoms with Crippen LogP contribution in [0.3, 0.4) is 0 Å². The van der Waals surface area contributed by atoms with Crippen molar-refractivity contribution in [3.63, 3.8) is 0 Å². The predicted octanol–water partition coefficient (Wildman–Crippen LogP) is 2.07. The number of fused-ring (bicyclic) bond motifs is 1. The van der Waals surface area contributed by atoms with Crippen LogP contribution in [0.4, 0.5) is 11.8 Å². The molecule has 3 fully saturated rings. The molecule has 2 aromatic rings. The lowest BCUT2D eigenvalue weighted by Gasteiger charge is -2.31. The van der Waals surface area contributed by atoms with E-state index in [9.17, 15) is 0 Å². The minimum atomic E-state index is 0.302. The highest BCUT2D eigenvalue weighted by Gasteiger charge is 2.33. The first-order valence-corrected chi connectivity index (χ1v) is 11.0. The van der Waals surface area contributed by atoms with Gasteiger partial charge in [0.2, 0.25) is 5.95 Å². The standard InChI is InChI=1S/C22H31N7/c1-2-5-16(6-3-1)20-15-29(12-4-10-23-20)22-24-11-9-21(27-22)26-18-7-8-19-17(13-18)14-25-28-19/h1-3,5-6,9,11,17-20,23,25,28H,4,7-8,10,12-15H2,(H,24,26,27). The Kier molecular flexibility index (Phi) is 5.60. The summed E-state index contributed by atoms with van der Waals surface area (Å²) in [6.45, 7) is 3.95. The summed E-state index contributed by atoms with van der Waals surface area (Å²) < 4.78 is 0. The highest BCUT2D eigenvalue weighted by atomic mass is 15.4. The molecule has 1 aliphatic carbocycles. The molecule has 1 aromatic heterocycles. The number of rotatable bonds is 4. The Labute approximate surface area is 172 Å². The first-order valence-electron chi connectivity index (χ1n) is 11.0. The summed E-state index contributed by atoms with van der Waals surface area (Å²) in [5, 5.41) is 7.36. The lowest BCUT2D eigenvalue weighted by molar-refractivity contribution is 0.314.